The Morgan fingerprint density at radius 1 is 0.500 bits per heavy atom. The second kappa shape index (κ2) is 11.4. The molecule has 0 spiro atoms. The summed E-state index contributed by atoms with van der Waals surface area (Å²) in [5, 5.41) is 6.89. The first kappa shape index (κ1) is 21.1. The maximum Gasteiger partial charge on any atom is 0.290 e. The van der Waals surface area contributed by atoms with Gasteiger partial charge in [-0.15, -0.1) is 0 Å². The zero-order valence-electron chi connectivity index (χ0n) is 16.9. The average Bonchev–Trinajstić information content (AvgIpc) is 2.79. The zero-order chi connectivity index (χ0) is 21.0. The lowest BCUT2D eigenvalue weighted by atomic mass is 9.89. The zero-order valence-corrected chi connectivity index (χ0v) is 16.9. The molecule has 0 saturated carbocycles. The van der Waals surface area contributed by atoms with Crippen molar-refractivity contribution in [2.24, 2.45) is 0 Å². The Bertz CT molecular complexity index is 966. The minimum absolute atomic E-state index is 0.250. The minimum atomic E-state index is -0.250. The lowest BCUT2D eigenvalue weighted by Gasteiger charge is -2.16. The number of carboxylic acid groups (broad SMARTS) is 1. The van der Waals surface area contributed by atoms with E-state index in [9.17, 15) is 0 Å². The van der Waals surface area contributed by atoms with Crippen LogP contribution in [-0.4, -0.2) is 11.6 Å². The van der Waals surface area contributed by atoms with E-state index >= 15 is 0 Å². The molecule has 0 radical (unpaired) electrons. The smallest absolute Gasteiger partial charge is 0.290 e. The van der Waals surface area contributed by atoms with Gasteiger partial charge in [0.1, 0.15) is 0 Å². The molecule has 4 aromatic carbocycles. The summed E-state index contributed by atoms with van der Waals surface area (Å²) in [7, 11) is 0. The lowest BCUT2D eigenvalue weighted by molar-refractivity contribution is -0.122. The first-order valence-electron chi connectivity index (χ1n) is 10.1. The summed E-state index contributed by atoms with van der Waals surface area (Å²) in [5.41, 5.74) is 8.42. The number of hydrogen-bond donors (Lipinski definition) is 1. The van der Waals surface area contributed by atoms with Crippen LogP contribution in [0.5, 0.6) is 0 Å². The van der Waals surface area contributed by atoms with E-state index in [1.165, 1.54) is 33.4 Å². The fourth-order valence-corrected chi connectivity index (χ4v) is 3.68. The topological polar surface area (TPSA) is 37.3 Å². The van der Waals surface area contributed by atoms with Crippen LogP contribution in [0.15, 0.2) is 109 Å². The fourth-order valence-electron chi connectivity index (χ4n) is 3.68. The van der Waals surface area contributed by atoms with Crippen LogP contribution in [0.25, 0.3) is 0 Å². The Morgan fingerprint density at radius 3 is 1.20 bits per heavy atom. The van der Waals surface area contributed by atoms with Gasteiger partial charge in [-0.05, 0) is 52.6 Å². The predicted octanol–water partition coefficient (Wildman–Crippen LogP) is 6.16. The quantitative estimate of drug-likeness (QED) is 0.398. The monoisotopic (exact) mass is 394 g/mol. The Hall–Kier alpha value is -3.65. The van der Waals surface area contributed by atoms with Crippen LogP contribution in [0.3, 0.4) is 0 Å². The predicted molar refractivity (Wildman–Crippen MR) is 123 cm³/mol. The normalized spacial score (nSPS) is 10.0. The molecule has 0 saturated heterocycles. The van der Waals surface area contributed by atoms with Crippen molar-refractivity contribution in [2.75, 3.05) is 0 Å². The molecule has 0 atom stereocenters. The molecule has 150 valence electrons. The Balaban J connectivity index is 0.000000806. The SMILES string of the molecule is O=CO.c1ccc(Cc2cccc(Cc3ccccc3)c2Cc2ccccc2)cc1. The number of hydrogen-bond acceptors (Lipinski definition) is 1. The Kier molecular flexibility index (Phi) is 7.99. The van der Waals surface area contributed by atoms with E-state index in [1.807, 2.05) is 0 Å². The van der Waals surface area contributed by atoms with Gasteiger partial charge in [-0.25, -0.2) is 0 Å². The van der Waals surface area contributed by atoms with Gasteiger partial charge >= 0.3 is 0 Å². The van der Waals surface area contributed by atoms with Crippen molar-refractivity contribution in [3.05, 3.63) is 143 Å². The van der Waals surface area contributed by atoms with Crippen LogP contribution < -0.4 is 0 Å². The van der Waals surface area contributed by atoms with Crippen molar-refractivity contribution in [3.63, 3.8) is 0 Å². The minimum Gasteiger partial charge on any atom is -0.483 e. The molecule has 0 bridgehead atoms. The van der Waals surface area contributed by atoms with Gasteiger partial charge < -0.3 is 5.11 Å². The maximum atomic E-state index is 8.36. The highest BCUT2D eigenvalue weighted by molar-refractivity contribution is 5.43. The molecule has 4 rings (SSSR count). The second-order valence-corrected chi connectivity index (χ2v) is 7.15. The molecule has 30 heavy (non-hydrogen) atoms. The fraction of sp³-hybridized carbons (Fsp3) is 0.107. The first-order valence-corrected chi connectivity index (χ1v) is 10.1. The van der Waals surface area contributed by atoms with Gasteiger partial charge in [0, 0.05) is 0 Å². The van der Waals surface area contributed by atoms with E-state index in [0.717, 1.165) is 19.3 Å². The molecule has 0 aliphatic heterocycles. The molecule has 0 aliphatic carbocycles. The molecule has 0 fully saturated rings. The number of rotatable bonds is 6. The molecule has 4 aromatic rings. The van der Waals surface area contributed by atoms with Crippen molar-refractivity contribution < 1.29 is 9.90 Å². The maximum absolute atomic E-state index is 8.36. The Morgan fingerprint density at radius 2 is 0.833 bits per heavy atom. The van der Waals surface area contributed by atoms with E-state index < -0.39 is 0 Å². The third kappa shape index (κ3) is 6.18. The molecule has 1 N–H and O–H groups in total. The van der Waals surface area contributed by atoms with E-state index in [1.54, 1.807) is 0 Å². The highest BCUT2D eigenvalue weighted by Gasteiger charge is 2.11. The Labute approximate surface area is 178 Å². The third-order valence-electron chi connectivity index (χ3n) is 5.07. The summed E-state index contributed by atoms with van der Waals surface area (Å²) >= 11 is 0. The number of carbonyl (C=O) groups is 1. The summed E-state index contributed by atoms with van der Waals surface area (Å²) in [6.07, 6.45) is 2.93. The molecule has 0 unspecified atom stereocenters. The molecule has 0 aromatic heterocycles. The van der Waals surface area contributed by atoms with E-state index in [0.29, 0.717) is 0 Å². The van der Waals surface area contributed by atoms with Gasteiger partial charge in [-0.1, -0.05) is 109 Å². The molecular formula is C28H26O2. The van der Waals surface area contributed by atoms with Gasteiger partial charge in [0.15, 0.2) is 0 Å². The number of benzene rings is 4. The first-order chi connectivity index (χ1) is 14.8. The van der Waals surface area contributed by atoms with Crippen molar-refractivity contribution >= 4 is 6.47 Å². The molecule has 0 heterocycles. The van der Waals surface area contributed by atoms with Gasteiger partial charge in [-0.3, -0.25) is 4.79 Å². The average molecular weight is 395 g/mol. The van der Waals surface area contributed by atoms with Crippen LogP contribution >= 0.6 is 0 Å². The van der Waals surface area contributed by atoms with Crippen LogP contribution in [0.1, 0.15) is 33.4 Å². The van der Waals surface area contributed by atoms with E-state index in [4.69, 9.17) is 9.90 Å². The summed E-state index contributed by atoms with van der Waals surface area (Å²) in [6.45, 7) is -0.250. The van der Waals surface area contributed by atoms with Crippen LogP contribution in [0.4, 0.5) is 0 Å². The molecule has 0 aliphatic rings. The van der Waals surface area contributed by atoms with Gasteiger partial charge in [0.25, 0.3) is 6.47 Å². The molecule has 2 heteroatoms. The summed E-state index contributed by atoms with van der Waals surface area (Å²) in [5.74, 6) is 0. The molecular weight excluding hydrogens is 368 g/mol. The standard InChI is InChI=1S/C27H24.CH2O2/c1-4-11-22(12-5-1)19-25-17-10-18-26(20-23-13-6-2-7-14-23)27(25)21-24-15-8-3-9-16-24;2-1-3/h1-18H,19-21H2;1H,(H,2,3). The second-order valence-electron chi connectivity index (χ2n) is 7.15. The van der Waals surface area contributed by atoms with Gasteiger partial charge in [-0.2, -0.15) is 0 Å². The molecule has 0 amide bonds. The van der Waals surface area contributed by atoms with Gasteiger partial charge in [0.05, 0.1) is 0 Å². The van der Waals surface area contributed by atoms with Crippen molar-refractivity contribution in [1.29, 1.82) is 0 Å². The summed E-state index contributed by atoms with van der Waals surface area (Å²) in [6, 6.07) is 39.1. The summed E-state index contributed by atoms with van der Waals surface area (Å²) in [4.78, 5) is 8.36. The lowest BCUT2D eigenvalue weighted by Crippen LogP contribution is -2.03. The summed E-state index contributed by atoms with van der Waals surface area (Å²) < 4.78 is 0. The highest BCUT2D eigenvalue weighted by Crippen LogP contribution is 2.24. The molecule has 2 nitrogen and oxygen atoms in total. The van der Waals surface area contributed by atoms with Crippen LogP contribution in [-0.2, 0) is 24.1 Å². The van der Waals surface area contributed by atoms with Crippen LogP contribution in [0.2, 0.25) is 0 Å². The van der Waals surface area contributed by atoms with Gasteiger partial charge in [0.2, 0.25) is 0 Å². The van der Waals surface area contributed by atoms with Crippen LogP contribution in [0, 0.1) is 0 Å². The third-order valence-corrected chi connectivity index (χ3v) is 5.07. The van der Waals surface area contributed by atoms with E-state index in [2.05, 4.69) is 109 Å². The highest BCUT2D eigenvalue weighted by atomic mass is 16.3. The largest absolute Gasteiger partial charge is 0.483 e. The van der Waals surface area contributed by atoms with Crippen molar-refractivity contribution in [3.8, 4) is 0 Å². The van der Waals surface area contributed by atoms with Crippen molar-refractivity contribution in [1.82, 2.24) is 0 Å². The van der Waals surface area contributed by atoms with E-state index in [-0.39, 0.29) is 6.47 Å². The van der Waals surface area contributed by atoms with Crippen molar-refractivity contribution in [2.45, 2.75) is 19.3 Å².